The van der Waals surface area contributed by atoms with Crippen molar-refractivity contribution in [3.8, 4) is 11.1 Å². The SMILES string of the molecule is O=C(O)COCC(=O)NCCOCCOCCOCCOCCOCCOCCCNC(=O)OCC1c2ccccc2-c2ccccc21. The van der Waals surface area contributed by atoms with Crippen molar-refractivity contribution in [1.82, 2.24) is 10.6 Å². The number of nitrogens with one attached hydrogen (secondary N) is 2. The van der Waals surface area contributed by atoms with Gasteiger partial charge in [0.05, 0.1) is 72.7 Å². The first kappa shape index (κ1) is 38.8. The predicted molar refractivity (Wildman–Crippen MR) is 174 cm³/mol. The molecule has 2 amide bonds. The van der Waals surface area contributed by atoms with E-state index in [4.69, 9.17) is 38.3 Å². The Balaban J connectivity index is 1.00. The zero-order valence-electron chi connectivity index (χ0n) is 27.4. The number of carbonyl (C=O) groups excluding carboxylic acids is 2. The third kappa shape index (κ3) is 16.0. The van der Waals surface area contributed by atoms with E-state index in [0.717, 1.165) is 0 Å². The third-order valence-electron chi connectivity index (χ3n) is 6.97. The van der Waals surface area contributed by atoms with Gasteiger partial charge in [-0.15, -0.1) is 0 Å². The third-order valence-corrected chi connectivity index (χ3v) is 6.97. The summed E-state index contributed by atoms with van der Waals surface area (Å²) in [7, 11) is 0. The van der Waals surface area contributed by atoms with Crippen LogP contribution in [0, 0.1) is 0 Å². The van der Waals surface area contributed by atoms with Gasteiger partial charge in [-0.25, -0.2) is 9.59 Å². The lowest BCUT2D eigenvalue weighted by Gasteiger charge is -2.14. The minimum Gasteiger partial charge on any atom is -0.480 e. The van der Waals surface area contributed by atoms with Crippen molar-refractivity contribution in [3.63, 3.8) is 0 Å². The second-order valence-corrected chi connectivity index (χ2v) is 10.5. The predicted octanol–water partition coefficient (Wildman–Crippen LogP) is 2.23. The Kier molecular flexibility index (Phi) is 19.8. The minimum absolute atomic E-state index is 0.0409. The molecule has 1 aliphatic carbocycles. The number of carboxylic acids is 1. The molecule has 0 atom stereocenters. The van der Waals surface area contributed by atoms with Crippen molar-refractivity contribution in [2.24, 2.45) is 0 Å². The van der Waals surface area contributed by atoms with Crippen LogP contribution in [0.3, 0.4) is 0 Å². The highest BCUT2D eigenvalue weighted by atomic mass is 16.6. The normalized spacial score (nSPS) is 12.0. The quantitative estimate of drug-likeness (QED) is 0.113. The molecule has 0 aliphatic heterocycles. The lowest BCUT2D eigenvalue weighted by molar-refractivity contribution is -0.143. The van der Waals surface area contributed by atoms with Crippen LogP contribution >= 0.6 is 0 Å². The largest absolute Gasteiger partial charge is 0.480 e. The van der Waals surface area contributed by atoms with Gasteiger partial charge in [0.1, 0.15) is 19.8 Å². The number of benzene rings is 2. The van der Waals surface area contributed by atoms with Crippen molar-refractivity contribution < 1.29 is 57.4 Å². The lowest BCUT2D eigenvalue weighted by atomic mass is 9.98. The van der Waals surface area contributed by atoms with E-state index in [1.807, 2.05) is 24.3 Å². The van der Waals surface area contributed by atoms with Crippen LogP contribution in [0.2, 0.25) is 0 Å². The van der Waals surface area contributed by atoms with E-state index in [9.17, 15) is 14.4 Å². The molecule has 0 unspecified atom stereocenters. The van der Waals surface area contributed by atoms with Crippen molar-refractivity contribution >= 4 is 18.0 Å². The maximum absolute atomic E-state index is 12.2. The Labute approximate surface area is 281 Å². The molecule has 266 valence electrons. The van der Waals surface area contributed by atoms with Crippen LogP contribution in [0.25, 0.3) is 11.1 Å². The molecular formula is C34H48N2O12. The first-order valence-corrected chi connectivity index (χ1v) is 16.2. The van der Waals surface area contributed by atoms with Crippen LogP contribution in [0.4, 0.5) is 4.79 Å². The van der Waals surface area contributed by atoms with Crippen LogP contribution in [0.1, 0.15) is 23.5 Å². The molecule has 0 bridgehead atoms. The van der Waals surface area contributed by atoms with Crippen LogP contribution in [-0.4, -0.2) is 135 Å². The van der Waals surface area contributed by atoms with Gasteiger partial charge in [0.15, 0.2) is 0 Å². The fourth-order valence-corrected chi connectivity index (χ4v) is 4.76. The van der Waals surface area contributed by atoms with Gasteiger partial charge >= 0.3 is 12.1 Å². The highest BCUT2D eigenvalue weighted by Gasteiger charge is 2.28. The van der Waals surface area contributed by atoms with Gasteiger partial charge < -0.3 is 53.6 Å². The number of hydrogen-bond acceptors (Lipinski definition) is 11. The smallest absolute Gasteiger partial charge is 0.407 e. The van der Waals surface area contributed by atoms with Gasteiger partial charge in [0.25, 0.3) is 0 Å². The Bertz CT molecular complexity index is 1170. The number of ether oxygens (including phenoxy) is 8. The summed E-state index contributed by atoms with van der Waals surface area (Å²) >= 11 is 0. The van der Waals surface area contributed by atoms with Gasteiger partial charge in [-0.3, -0.25) is 4.79 Å². The van der Waals surface area contributed by atoms with E-state index in [-0.39, 0.29) is 12.5 Å². The second kappa shape index (κ2) is 24.5. The molecule has 0 saturated carbocycles. The summed E-state index contributed by atoms with van der Waals surface area (Å²) in [4.78, 5) is 33.9. The molecule has 1 aliphatic rings. The number of alkyl carbamates (subject to hydrolysis) is 1. The lowest BCUT2D eigenvalue weighted by Crippen LogP contribution is -2.31. The summed E-state index contributed by atoms with van der Waals surface area (Å²) in [5.41, 5.74) is 4.77. The van der Waals surface area contributed by atoms with E-state index in [0.29, 0.717) is 105 Å². The van der Waals surface area contributed by atoms with Gasteiger partial charge in [0.2, 0.25) is 5.91 Å². The molecular weight excluding hydrogens is 628 g/mol. The maximum Gasteiger partial charge on any atom is 0.407 e. The van der Waals surface area contributed by atoms with Crippen molar-refractivity contribution in [2.75, 3.05) is 112 Å². The van der Waals surface area contributed by atoms with E-state index < -0.39 is 24.6 Å². The topological polar surface area (TPSA) is 169 Å². The van der Waals surface area contributed by atoms with Gasteiger partial charge in [-0.05, 0) is 28.7 Å². The molecule has 2 aromatic carbocycles. The first-order chi connectivity index (χ1) is 23.6. The number of amides is 2. The highest BCUT2D eigenvalue weighted by Crippen LogP contribution is 2.44. The highest BCUT2D eigenvalue weighted by molar-refractivity contribution is 5.79. The van der Waals surface area contributed by atoms with Gasteiger partial charge in [-0.1, -0.05) is 48.5 Å². The van der Waals surface area contributed by atoms with E-state index >= 15 is 0 Å². The summed E-state index contributed by atoms with van der Waals surface area (Å²) in [6, 6.07) is 16.5. The zero-order valence-corrected chi connectivity index (χ0v) is 27.4. The van der Waals surface area contributed by atoms with Crippen molar-refractivity contribution in [1.29, 1.82) is 0 Å². The van der Waals surface area contributed by atoms with Gasteiger partial charge in [-0.2, -0.15) is 0 Å². The number of rotatable bonds is 28. The minimum atomic E-state index is -1.13. The van der Waals surface area contributed by atoms with E-state index in [1.165, 1.54) is 22.3 Å². The standard InChI is InChI=1S/C34H48N2O12/c37-32(25-47-26-33(38)39)35-11-13-42-15-17-44-19-21-46-23-22-45-20-18-43-16-14-41-12-5-10-36-34(40)48-24-31-29-8-3-1-6-27(29)28-7-2-4-9-30(28)31/h1-4,6-9,31H,5,10-26H2,(H,35,37)(H,36,40)(H,38,39). The van der Waals surface area contributed by atoms with Crippen LogP contribution in [0.5, 0.6) is 0 Å². The summed E-state index contributed by atoms with van der Waals surface area (Å²) in [5.74, 6) is -1.49. The van der Waals surface area contributed by atoms with Gasteiger partial charge in [0, 0.05) is 25.6 Å². The second-order valence-electron chi connectivity index (χ2n) is 10.5. The summed E-state index contributed by atoms with van der Waals surface area (Å²) in [6.07, 6.45) is 0.243. The number of hydrogen-bond donors (Lipinski definition) is 3. The van der Waals surface area contributed by atoms with Crippen molar-refractivity contribution in [2.45, 2.75) is 12.3 Å². The van der Waals surface area contributed by atoms with Crippen molar-refractivity contribution in [3.05, 3.63) is 59.7 Å². The molecule has 14 nitrogen and oxygen atoms in total. The Morgan fingerprint density at radius 2 is 1.04 bits per heavy atom. The molecule has 48 heavy (non-hydrogen) atoms. The average Bonchev–Trinajstić information content (AvgIpc) is 3.41. The Morgan fingerprint density at radius 3 is 1.56 bits per heavy atom. The molecule has 0 aromatic heterocycles. The fourth-order valence-electron chi connectivity index (χ4n) is 4.76. The molecule has 0 radical (unpaired) electrons. The Morgan fingerprint density at radius 1 is 0.562 bits per heavy atom. The van der Waals surface area contributed by atoms with Crippen LogP contribution in [-0.2, 0) is 47.5 Å². The van der Waals surface area contributed by atoms with Crippen LogP contribution in [0.15, 0.2) is 48.5 Å². The summed E-state index contributed by atoms with van der Waals surface area (Å²) in [5, 5.41) is 13.8. The molecule has 0 saturated heterocycles. The molecule has 3 rings (SSSR count). The molecule has 0 spiro atoms. The summed E-state index contributed by atoms with van der Waals surface area (Å²) < 4.78 is 42.9. The fraction of sp³-hybridized carbons (Fsp3) is 0.559. The monoisotopic (exact) mass is 676 g/mol. The van der Waals surface area contributed by atoms with Crippen LogP contribution < -0.4 is 10.6 Å². The first-order valence-electron chi connectivity index (χ1n) is 16.2. The van der Waals surface area contributed by atoms with E-state index in [1.54, 1.807) is 0 Å². The maximum atomic E-state index is 12.2. The number of aliphatic carboxylic acids is 1. The number of carbonyl (C=O) groups is 3. The molecule has 2 aromatic rings. The zero-order chi connectivity index (χ0) is 34.1. The Hall–Kier alpha value is -3.63. The molecule has 14 heteroatoms. The number of fused-ring (bicyclic) bond motifs is 3. The average molecular weight is 677 g/mol. The molecule has 0 heterocycles. The molecule has 0 fully saturated rings. The molecule has 3 N–H and O–H groups in total. The summed E-state index contributed by atoms with van der Waals surface area (Å²) in [6.45, 7) is 5.42. The van der Waals surface area contributed by atoms with E-state index in [2.05, 4.69) is 39.6 Å². The number of carboxylic acid groups (broad SMARTS) is 1.